The Bertz CT molecular complexity index is 509. The van der Waals surface area contributed by atoms with Crippen LogP contribution in [0.4, 0.5) is 4.79 Å². The fourth-order valence-corrected chi connectivity index (χ4v) is 2.12. The second-order valence-corrected chi connectivity index (χ2v) is 6.39. The number of alkyl carbamates (subject to hydrolysis) is 1. The third kappa shape index (κ3) is 4.63. The molecule has 5 nitrogen and oxygen atoms in total. The molecule has 1 saturated heterocycles. The zero-order valence-electron chi connectivity index (χ0n) is 13.2. The van der Waals surface area contributed by atoms with Crippen molar-refractivity contribution < 1.29 is 14.3 Å². The minimum Gasteiger partial charge on any atom is -0.489 e. The first-order valence-electron chi connectivity index (χ1n) is 7.26. The summed E-state index contributed by atoms with van der Waals surface area (Å²) in [6, 6.07) is 6.10. The Balaban J connectivity index is 2.01. The molecule has 2 N–H and O–H groups in total. The highest BCUT2D eigenvalue weighted by Crippen LogP contribution is 2.24. The van der Waals surface area contributed by atoms with E-state index < -0.39 is 0 Å². The van der Waals surface area contributed by atoms with Gasteiger partial charge in [0.15, 0.2) is 6.10 Å². The number of benzene rings is 1. The van der Waals surface area contributed by atoms with Crippen molar-refractivity contribution >= 4 is 6.09 Å². The van der Waals surface area contributed by atoms with Gasteiger partial charge in [-0.15, -0.1) is 0 Å². The quantitative estimate of drug-likeness (QED) is 0.874. The molecule has 1 aromatic rings. The van der Waals surface area contributed by atoms with Crippen LogP contribution < -0.4 is 15.4 Å². The van der Waals surface area contributed by atoms with Crippen LogP contribution in [0, 0.1) is 6.92 Å². The van der Waals surface area contributed by atoms with Gasteiger partial charge in [-0.3, -0.25) is 0 Å². The SMILES string of the molecule is Cc1cccc(CNC(C)(C)C)c1OCC1CNC(=O)O1. The van der Waals surface area contributed by atoms with Crippen LogP contribution in [-0.2, 0) is 11.3 Å². The maximum absolute atomic E-state index is 11.0. The number of nitrogens with one attached hydrogen (secondary N) is 2. The lowest BCUT2D eigenvalue weighted by atomic mass is 10.1. The van der Waals surface area contributed by atoms with Gasteiger partial charge in [-0.05, 0) is 33.3 Å². The van der Waals surface area contributed by atoms with Crippen molar-refractivity contribution in [1.82, 2.24) is 10.6 Å². The molecule has 1 aromatic carbocycles. The first-order valence-corrected chi connectivity index (χ1v) is 7.26. The van der Waals surface area contributed by atoms with Gasteiger partial charge < -0.3 is 20.1 Å². The van der Waals surface area contributed by atoms with Gasteiger partial charge >= 0.3 is 6.09 Å². The van der Waals surface area contributed by atoms with Gasteiger partial charge in [0.05, 0.1) is 6.54 Å². The summed E-state index contributed by atoms with van der Waals surface area (Å²) in [5.74, 6) is 0.872. The largest absolute Gasteiger partial charge is 0.489 e. The lowest BCUT2D eigenvalue weighted by Gasteiger charge is -2.22. The minimum atomic E-state index is -0.372. The smallest absolute Gasteiger partial charge is 0.407 e. The lowest BCUT2D eigenvalue weighted by Crippen LogP contribution is -2.35. The Morgan fingerprint density at radius 3 is 2.81 bits per heavy atom. The van der Waals surface area contributed by atoms with E-state index in [1.54, 1.807) is 0 Å². The second kappa shape index (κ2) is 6.35. The van der Waals surface area contributed by atoms with Gasteiger partial charge in [0.2, 0.25) is 0 Å². The third-order valence-corrected chi connectivity index (χ3v) is 3.26. The normalized spacial score (nSPS) is 18.3. The van der Waals surface area contributed by atoms with E-state index in [0.29, 0.717) is 13.2 Å². The molecule has 0 radical (unpaired) electrons. The van der Waals surface area contributed by atoms with Gasteiger partial charge in [-0.2, -0.15) is 0 Å². The number of para-hydroxylation sites is 1. The Labute approximate surface area is 126 Å². The van der Waals surface area contributed by atoms with E-state index in [4.69, 9.17) is 9.47 Å². The van der Waals surface area contributed by atoms with Crippen LogP contribution in [-0.4, -0.2) is 30.9 Å². The number of amides is 1. The van der Waals surface area contributed by atoms with Crippen molar-refractivity contribution in [2.45, 2.75) is 45.9 Å². The molecule has 1 amide bonds. The van der Waals surface area contributed by atoms with E-state index >= 15 is 0 Å². The monoisotopic (exact) mass is 292 g/mol. The number of ether oxygens (including phenoxy) is 2. The number of aryl methyl sites for hydroxylation is 1. The number of hydrogen-bond donors (Lipinski definition) is 2. The van der Waals surface area contributed by atoms with E-state index in [2.05, 4.69) is 37.5 Å². The van der Waals surface area contributed by atoms with Gasteiger partial charge in [0, 0.05) is 17.6 Å². The maximum atomic E-state index is 11.0. The molecule has 1 atom stereocenters. The Morgan fingerprint density at radius 1 is 1.43 bits per heavy atom. The van der Waals surface area contributed by atoms with E-state index in [1.165, 1.54) is 0 Å². The number of cyclic esters (lactones) is 1. The van der Waals surface area contributed by atoms with Crippen molar-refractivity contribution in [3.05, 3.63) is 29.3 Å². The maximum Gasteiger partial charge on any atom is 0.407 e. The fraction of sp³-hybridized carbons (Fsp3) is 0.562. The average Bonchev–Trinajstić information content (AvgIpc) is 2.80. The highest BCUT2D eigenvalue weighted by Gasteiger charge is 2.23. The van der Waals surface area contributed by atoms with Crippen LogP contribution in [0.15, 0.2) is 18.2 Å². The van der Waals surface area contributed by atoms with Crippen molar-refractivity contribution in [2.24, 2.45) is 0 Å². The molecule has 2 rings (SSSR count). The third-order valence-electron chi connectivity index (χ3n) is 3.26. The summed E-state index contributed by atoms with van der Waals surface area (Å²) in [4.78, 5) is 11.0. The Morgan fingerprint density at radius 2 is 2.19 bits per heavy atom. The topological polar surface area (TPSA) is 59.6 Å². The summed E-state index contributed by atoms with van der Waals surface area (Å²) < 4.78 is 11.0. The standard InChI is InChI=1S/C16H24N2O3/c1-11-6-5-7-12(8-18-16(2,3)4)14(11)20-10-13-9-17-15(19)21-13/h5-7,13,18H,8-10H2,1-4H3,(H,17,19). The molecule has 0 saturated carbocycles. The lowest BCUT2D eigenvalue weighted by molar-refractivity contribution is 0.104. The molecular formula is C16H24N2O3. The average molecular weight is 292 g/mol. The van der Waals surface area contributed by atoms with Crippen molar-refractivity contribution in [3.8, 4) is 5.75 Å². The van der Waals surface area contributed by atoms with Crippen LogP contribution >= 0.6 is 0 Å². The Hall–Kier alpha value is -1.75. The van der Waals surface area contributed by atoms with Crippen molar-refractivity contribution in [1.29, 1.82) is 0 Å². The molecule has 1 heterocycles. The number of carbonyl (C=O) groups is 1. The molecule has 0 bridgehead atoms. The summed E-state index contributed by atoms with van der Waals surface area (Å²) >= 11 is 0. The van der Waals surface area contributed by atoms with Gasteiger partial charge in [0.25, 0.3) is 0 Å². The number of rotatable bonds is 5. The first-order chi connectivity index (χ1) is 9.85. The summed E-state index contributed by atoms with van der Waals surface area (Å²) in [7, 11) is 0. The minimum absolute atomic E-state index is 0.0475. The number of hydrogen-bond acceptors (Lipinski definition) is 4. The van der Waals surface area contributed by atoms with Gasteiger partial charge in [-0.25, -0.2) is 4.79 Å². The molecule has 1 aliphatic heterocycles. The predicted octanol–water partition coefficient (Wildman–Crippen LogP) is 2.37. The molecule has 0 spiro atoms. The zero-order valence-corrected chi connectivity index (χ0v) is 13.2. The number of carbonyl (C=O) groups excluding carboxylic acids is 1. The van der Waals surface area contributed by atoms with Crippen LogP contribution in [0.1, 0.15) is 31.9 Å². The summed E-state index contributed by atoms with van der Waals surface area (Å²) in [5.41, 5.74) is 2.24. The van der Waals surface area contributed by atoms with Crippen LogP contribution in [0.2, 0.25) is 0 Å². The van der Waals surface area contributed by atoms with Gasteiger partial charge in [0.1, 0.15) is 12.4 Å². The molecule has 1 fully saturated rings. The highest BCUT2D eigenvalue weighted by atomic mass is 16.6. The fourth-order valence-electron chi connectivity index (χ4n) is 2.12. The zero-order chi connectivity index (χ0) is 15.5. The molecule has 0 aliphatic carbocycles. The predicted molar refractivity (Wildman–Crippen MR) is 81.5 cm³/mol. The molecule has 1 unspecified atom stereocenters. The summed E-state index contributed by atoms with van der Waals surface area (Å²) in [6.07, 6.45) is -0.594. The van der Waals surface area contributed by atoms with E-state index in [-0.39, 0.29) is 17.7 Å². The van der Waals surface area contributed by atoms with Crippen LogP contribution in [0.5, 0.6) is 5.75 Å². The van der Waals surface area contributed by atoms with Crippen LogP contribution in [0.3, 0.4) is 0 Å². The van der Waals surface area contributed by atoms with Gasteiger partial charge in [-0.1, -0.05) is 18.2 Å². The summed E-state index contributed by atoms with van der Waals surface area (Å²) in [6.45, 7) is 10.0. The second-order valence-electron chi connectivity index (χ2n) is 6.39. The molecular weight excluding hydrogens is 268 g/mol. The van der Waals surface area contributed by atoms with E-state index in [1.807, 2.05) is 19.1 Å². The Kier molecular flexibility index (Phi) is 4.73. The molecule has 1 aliphatic rings. The molecule has 21 heavy (non-hydrogen) atoms. The van der Waals surface area contributed by atoms with Crippen molar-refractivity contribution in [2.75, 3.05) is 13.2 Å². The van der Waals surface area contributed by atoms with E-state index in [9.17, 15) is 4.79 Å². The highest BCUT2D eigenvalue weighted by molar-refractivity contribution is 5.69. The molecule has 0 aromatic heterocycles. The van der Waals surface area contributed by atoms with Crippen molar-refractivity contribution in [3.63, 3.8) is 0 Å². The van der Waals surface area contributed by atoms with Crippen LogP contribution in [0.25, 0.3) is 0 Å². The van der Waals surface area contributed by atoms with E-state index in [0.717, 1.165) is 23.4 Å². The first kappa shape index (κ1) is 15.6. The summed E-state index contributed by atoms with van der Waals surface area (Å²) in [5, 5.41) is 6.09. The molecule has 116 valence electrons. The molecule has 5 heteroatoms.